The Bertz CT molecular complexity index is 637. The molecule has 1 aromatic carbocycles. The minimum absolute atomic E-state index is 0.0946. The fraction of sp³-hybridized carbons (Fsp3) is 0.0909. The van der Waals surface area contributed by atoms with Gasteiger partial charge in [0.15, 0.2) is 11.6 Å². The number of aromatic nitrogens is 2. The normalized spacial score (nSPS) is 11.1. The SMILES string of the molecule is NNc1ncnc(Nc2ccccc2OC(F)(F)F)c1Br. The van der Waals surface area contributed by atoms with Crippen LogP contribution in [0.3, 0.4) is 0 Å². The van der Waals surface area contributed by atoms with Crippen LogP contribution in [0.1, 0.15) is 0 Å². The number of hydrogen-bond acceptors (Lipinski definition) is 6. The van der Waals surface area contributed by atoms with Gasteiger partial charge in [0, 0.05) is 0 Å². The minimum atomic E-state index is -4.79. The van der Waals surface area contributed by atoms with Crippen LogP contribution in [-0.2, 0) is 0 Å². The van der Waals surface area contributed by atoms with Crippen LogP contribution in [0, 0.1) is 0 Å². The van der Waals surface area contributed by atoms with Gasteiger partial charge >= 0.3 is 6.36 Å². The fourth-order valence-electron chi connectivity index (χ4n) is 1.47. The molecule has 6 nitrogen and oxygen atoms in total. The molecule has 1 aromatic heterocycles. The largest absolute Gasteiger partial charge is 0.573 e. The molecule has 0 aliphatic rings. The molecule has 0 unspecified atom stereocenters. The van der Waals surface area contributed by atoms with E-state index in [0.29, 0.717) is 4.47 Å². The van der Waals surface area contributed by atoms with Crippen LogP contribution >= 0.6 is 15.9 Å². The number of para-hydroxylation sites is 2. The third-order valence-electron chi connectivity index (χ3n) is 2.29. The van der Waals surface area contributed by atoms with E-state index in [-0.39, 0.29) is 23.1 Å². The number of halogens is 4. The highest BCUT2D eigenvalue weighted by molar-refractivity contribution is 9.10. The van der Waals surface area contributed by atoms with E-state index in [1.165, 1.54) is 24.5 Å². The van der Waals surface area contributed by atoms with Gasteiger partial charge in [0.2, 0.25) is 0 Å². The summed E-state index contributed by atoms with van der Waals surface area (Å²) < 4.78 is 41.3. The maximum atomic E-state index is 12.3. The quantitative estimate of drug-likeness (QED) is 0.571. The van der Waals surface area contributed by atoms with Crippen LogP contribution in [-0.4, -0.2) is 16.3 Å². The smallest absolute Gasteiger partial charge is 0.404 e. The number of nitrogens with one attached hydrogen (secondary N) is 2. The molecule has 0 aliphatic heterocycles. The number of hydrogen-bond donors (Lipinski definition) is 3. The lowest BCUT2D eigenvalue weighted by Crippen LogP contribution is -2.18. The lowest BCUT2D eigenvalue weighted by atomic mass is 10.3. The van der Waals surface area contributed by atoms with Gasteiger partial charge in [-0.05, 0) is 28.1 Å². The molecular weight excluding hydrogens is 355 g/mol. The van der Waals surface area contributed by atoms with Crippen molar-refractivity contribution in [1.29, 1.82) is 0 Å². The summed E-state index contributed by atoms with van der Waals surface area (Å²) in [5, 5.41) is 2.72. The lowest BCUT2D eigenvalue weighted by molar-refractivity contribution is -0.274. The maximum absolute atomic E-state index is 12.3. The van der Waals surface area contributed by atoms with Crippen molar-refractivity contribution in [1.82, 2.24) is 9.97 Å². The molecule has 0 radical (unpaired) electrons. The van der Waals surface area contributed by atoms with Crippen molar-refractivity contribution in [2.45, 2.75) is 6.36 Å². The third kappa shape index (κ3) is 3.95. The zero-order chi connectivity index (χ0) is 15.5. The second-order valence-corrected chi connectivity index (χ2v) is 4.49. The number of anilines is 3. The van der Waals surface area contributed by atoms with Gasteiger partial charge in [0.1, 0.15) is 16.6 Å². The number of nitrogens with two attached hydrogens (primary N) is 1. The molecule has 0 aliphatic carbocycles. The highest BCUT2D eigenvalue weighted by atomic mass is 79.9. The van der Waals surface area contributed by atoms with E-state index in [1.54, 1.807) is 6.07 Å². The van der Waals surface area contributed by atoms with E-state index < -0.39 is 6.36 Å². The summed E-state index contributed by atoms with van der Waals surface area (Å²) >= 11 is 3.19. The van der Waals surface area contributed by atoms with Crippen molar-refractivity contribution in [2.24, 2.45) is 5.84 Å². The summed E-state index contributed by atoms with van der Waals surface area (Å²) in [6, 6.07) is 5.59. The van der Waals surface area contributed by atoms with Gasteiger partial charge in [-0.3, -0.25) is 0 Å². The van der Waals surface area contributed by atoms with Crippen molar-refractivity contribution >= 4 is 33.3 Å². The van der Waals surface area contributed by atoms with Crippen molar-refractivity contribution < 1.29 is 17.9 Å². The Kier molecular flexibility index (Phi) is 4.48. The Morgan fingerprint density at radius 1 is 1.14 bits per heavy atom. The zero-order valence-electron chi connectivity index (χ0n) is 10.3. The fourth-order valence-corrected chi connectivity index (χ4v) is 1.89. The molecule has 0 saturated heterocycles. The average molecular weight is 364 g/mol. The van der Waals surface area contributed by atoms with Gasteiger partial charge in [-0.25, -0.2) is 15.8 Å². The van der Waals surface area contributed by atoms with Gasteiger partial charge in [0.25, 0.3) is 0 Å². The lowest BCUT2D eigenvalue weighted by Gasteiger charge is -2.15. The summed E-state index contributed by atoms with van der Waals surface area (Å²) in [6.07, 6.45) is -3.58. The number of nitrogens with zero attached hydrogens (tertiary/aromatic N) is 2. The van der Waals surface area contributed by atoms with Crippen LogP contribution in [0.2, 0.25) is 0 Å². The first kappa shape index (κ1) is 15.3. The van der Waals surface area contributed by atoms with Gasteiger partial charge in [-0.1, -0.05) is 12.1 Å². The number of ether oxygens (including phenoxy) is 1. The Morgan fingerprint density at radius 2 is 1.81 bits per heavy atom. The van der Waals surface area contributed by atoms with E-state index in [9.17, 15) is 13.2 Å². The molecule has 10 heteroatoms. The molecule has 0 spiro atoms. The van der Waals surface area contributed by atoms with Gasteiger partial charge < -0.3 is 15.5 Å². The number of alkyl halides is 3. The molecular formula is C11H9BrF3N5O. The van der Waals surface area contributed by atoms with Crippen LogP contribution < -0.4 is 21.3 Å². The summed E-state index contributed by atoms with van der Waals surface area (Å²) in [6.45, 7) is 0. The summed E-state index contributed by atoms with van der Waals surface area (Å²) in [5.41, 5.74) is 2.42. The number of benzene rings is 1. The maximum Gasteiger partial charge on any atom is 0.573 e. The molecule has 2 rings (SSSR count). The van der Waals surface area contributed by atoms with Gasteiger partial charge in [-0.15, -0.1) is 13.2 Å². The van der Waals surface area contributed by atoms with Crippen LogP contribution in [0.25, 0.3) is 0 Å². The standard InChI is InChI=1S/C11H9BrF3N5O/c12-8-9(17-5-18-10(8)20-16)19-6-3-1-2-4-7(6)21-11(13,14)15/h1-5H,16H2,(H2,17,18,19,20). The summed E-state index contributed by atoms with van der Waals surface area (Å²) in [5.74, 6) is 5.39. The molecule has 4 N–H and O–H groups in total. The first-order valence-electron chi connectivity index (χ1n) is 5.49. The summed E-state index contributed by atoms with van der Waals surface area (Å²) in [7, 11) is 0. The highest BCUT2D eigenvalue weighted by Gasteiger charge is 2.32. The Labute approximate surface area is 125 Å². The third-order valence-corrected chi connectivity index (χ3v) is 3.04. The molecule has 2 aromatic rings. The first-order valence-corrected chi connectivity index (χ1v) is 6.29. The van der Waals surface area contributed by atoms with E-state index in [4.69, 9.17) is 5.84 Å². The van der Waals surface area contributed by atoms with E-state index in [2.05, 4.69) is 41.4 Å². The van der Waals surface area contributed by atoms with Crippen molar-refractivity contribution in [3.8, 4) is 5.75 Å². The number of nitrogen functional groups attached to an aromatic ring is 1. The number of hydrazine groups is 1. The summed E-state index contributed by atoms with van der Waals surface area (Å²) in [4.78, 5) is 7.75. The second kappa shape index (κ2) is 6.14. The van der Waals surface area contributed by atoms with Crippen LogP contribution in [0.15, 0.2) is 35.1 Å². The molecule has 21 heavy (non-hydrogen) atoms. The second-order valence-electron chi connectivity index (χ2n) is 3.70. The predicted octanol–water partition coefficient (Wildman–Crippen LogP) is 3.17. The molecule has 0 bridgehead atoms. The van der Waals surface area contributed by atoms with Crippen LogP contribution in [0.4, 0.5) is 30.5 Å². The Morgan fingerprint density at radius 3 is 2.48 bits per heavy atom. The van der Waals surface area contributed by atoms with Crippen molar-refractivity contribution in [3.05, 3.63) is 35.1 Å². The van der Waals surface area contributed by atoms with Crippen LogP contribution in [0.5, 0.6) is 5.75 Å². The van der Waals surface area contributed by atoms with E-state index >= 15 is 0 Å². The highest BCUT2D eigenvalue weighted by Crippen LogP contribution is 2.34. The minimum Gasteiger partial charge on any atom is -0.404 e. The monoisotopic (exact) mass is 363 g/mol. The topological polar surface area (TPSA) is 85.1 Å². The Balaban J connectivity index is 2.32. The molecule has 0 amide bonds. The molecule has 0 atom stereocenters. The van der Waals surface area contributed by atoms with Crippen molar-refractivity contribution in [3.63, 3.8) is 0 Å². The van der Waals surface area contributed by atoms with E-state index in [0.717, 1.165) is 0 Å². The van der Waals surface area contributed by atoms with E-state index in [1.807, 2.05) is 0 Å². The molecule has 0 fully saturated rings. The molecule has 1 heterocycles. The first-order chi connectivity index (χ1) is 9.90. The predicted molar refractivity (Wildman–Crippen MR) is 73.9 cm³/mol. The molecule has 112 valence electrons. The zero-order valence-corrected chi connectivity index (χ0v) is 11.9. The van der Waals surface area contributed by atoms with Gasteiger partial charge in [0.05, 0.1) is 5.69 Å². The average Bonchev–Trinajstić information content (AvgIpc) is 2.41. The Hall–Kier alpha value is -2.07. The van der Waals surface area contributed by atoms with Crippen molar-refractivity contribution in [2.75, 3.05) is 10.7 Å². The number of rotatable bonds is 4. The van der Waals surface area contributed by atoms with Gasteiger partial charge in [-0.2, -0.15) is 0 Å². The molecule has 0 saturated carbocycles.